The van der Waals surface area contributed by atoms with Crippen LogP contribution in [-0.2, 0) is 22.5 Å². The van der Waals surface area contributed by atoms with Crippen LogP contribution >= 0.6 is 11.8 Å². The Morgan fingerprint density at radius 2 is 2.15 bits per heavy atom. The van der Waals surface area contributed by atoms with E-state index in [2.05, 4.69) is 24.4 Å². The van der Waals surface area contributed by atoms with E-state index < -0.39 is 10.2 Å². The summed E-state index contributed by atoms with van der Waals surface area (Å²) in [5.74, 6) is 3.46. The molecule has 4 N–H and O–H groups in total. The first-order chi connectivity index (χ1) is 12.3. The van der Waals surface area contributed by atoms with Gasteiger partial charge in [0.05, 0.1) is 18.8 Å². The van der Waals surface area contributed by atoms with Crippen molar-refractivity contribution in [2.75, 3.05) is 33.4 Å². The topological polar surface area (TPSA) is 138 Å². The zero-order valence-electron chi connectivity index (χ0n) is 14.9. The van der Waals surface area contributed by atoms with Crippen LogP contribution in [0.3, 0.4) is 0 Å². The van der Waals surface area contributed by atoms with Gasteiger partial charge in [0.15, 0.2) is 17.6 Å². The molecule has 1 aliphatic heterocycles. The average Bonchev–Trinajstić information content (AvgIpc) is 3.10. The van der Waals surface area contributed by atoms with E-state index >= 15 is 0 Å². The van der Waals surface area contributed by atoms with E-state index in [0.717, 1.165) is 23.8 Å². The number of furan rings is 1. The largest absolute Gasteiger partial charge is 0.464 e. The molecule has 0 aromatic carbocycles. The number of nitrogens with zero attached hydrogens (tertiary/aromatic N) is 4. The summed E-state index contributed by atoms with van der Waals surface area (Å²) in [6.45, 7) is 1.18. The van der Waals surface area contributed by atoms with Gasteiger partial charge in [-0.25, -0.2) is 4.72 Å². The summed E-state index contributed by atoms with van der Waals surface area (Å²) in [6, 6.07) is 3.93. The second-order valence-electron chi connectivity index (χ2n) is 5.64. The summed E-state index contributed by atoms with van der Waals surface area (Å²) < 4.78 is 34.6. The van der Waals surface area contributed by atoms with Gasteiger partial charge >= 0.3 is 10.2 Å². The molecule has 0 saturated carbocycles. The molecule has 0 bridgehead atoms. The van der Waals surface area contributed by atoms with Crippen LogP contribution in [0.5, 0.6) is 0 Å². The number of amidine groups is 2. The molecule has 26 heavy (non-hydrogen) atoms. The number of rotatable bonds is 7. The standard InChI is InChI=1S/C14H23N7O3S2/c1-16-14(15)18-13-12(19-26(22,23)20-13)17-6-7-25-9-11-5-4-10(24-11)8-21(2)3/h4-5H,6-9H2,1-3H3,(H,17,19)(H3,15,16,18,20). The van der Waals surface area contributed by atoms with Gasteiger partial charge in [-0.1, -0.05) is 0 Å². The van der Waals surface area contributed by atoms with Gasteiger partial charge in [0, 0.05) is 12.8 Å². The Labute approximate surface area is 157 Å². The summed E-state index contributed by atoms with van der Waals surface area (Å²) >= 11 is 1.64. The normalized spacial score (nSPS) is 18.2. The maximum atomic E-state index is 11.6. The van der Waals surface area contributed by atoms with Crippen molar-refractivity contribution in [3.63, 3.8) is 0 Å². The molecule has 12 heteroatoms. The lowest BCUT2D eigenvalue weighted by Crippen LogP contribution is -2.42. The lowest BCUT2D eigenvalue weighted by molar-refractivity contribution is 0.344. The highest BCUT2D eigenvalue weighted by Crippen LogP contribution is 2.16. The summed E-state index contributed by atoms with van der Waals surface area (Å²) in [7, 11) is 1.67. The predicted molar refractivity (Wildman–Crippen MR) is 105 cm³/mol. The number of hydrogen-bond acceptors (Lipinski definition) is 7. The number of aliphatic imine (C=N–C) groups is 2. The molecule has 1 aromatic heterocycles. The zero-order chi connectivity index (χ0) is 19.2. The highest BCUT2D eigenvalue weighted by atomic mass is 32.2. The molecule has 2 rings (SSSR count). The molecule has 0 aliphatic carbocycles. The van der Waals surface area contributed by atoms with Crippen molar-refractivity contribution in [2.45, 2.75) is 12.3 Å². The number of thioether (sulfide) groups is 1. The van der Waals surface area contributed by atoms with Crippen molar-refractivity contribution in [1.29, 1.82) is 0 Å². The van der Waals surface area contributed by atoms with Crippen molar-refractivity contribution >= 4 is 39.6 Å². The third kappa shape index (κ3) is 6.35. The first kappa shape index (κ1) is 20.3. The summed E-state index contributed by atoms with van der Waals surface area (Å²) in [4.78, 5) is 9.97. The summed E-state index contributed by atoms with van der Waals surface area (Å²) in [5, 5.41) is 2.60. The predicted octanol–water partition coefficient (Wildman–Crippen LogP) is -0.246. The van der Waals surface area contributed by atoms with Gasteiger partial charge in [0.25, 0.3) is 0 Å². The number of nitrogens with one attached hydrogen (secondary N) is 2. The van der Waals surface area contributed by atoms with E-state index in [9.17, 15) is 8.42 Å². The van der Waals surface area contributed by atoms with E-state index in [1.54, 1.807) is 11.8 Å². The molecular weight excluding hydrogens is 378 g/mol. The number of guanidine groups is 1. The van der Waals surface area contributed by atoms with Gasteiger partial charge in [0.2, 0.25) is 0 Å². The Kier molecular flexibility index (Phi) is 7.06. The van der Waals surface area contributed by atoms with Crippen LogP contribution < -0.4 is 15.8 Å². The van der Waals surface area contributed by atoms with Crippen LogP contribution in [0.2, 0.25) is 0 Å². The highest BCUT2D eigenvalue weighted by Gasteiger charge is 2.26. The molecule has 0 atom stereocenters. The Morgan fingerprint density at radius 3 is 2.85 bits per heavy atom. The number of nitrogens with two attached hydrogens (primary N) is 1. The molecule has 0 fully saturated rings. The SMILES string of the molecule is CN=C(N)NC1=NS(=O)(=O)NC1=NCCSCc1ccc(CN(C)C)o1. The third-order valence-corrected chi connectivity index (χ3v) is 4.92. The van der Waals surface area contributed by atoms with E-state index in [1.165, 1.54) is 7.05 Å². The van der Waals surface area contributed by atoms with Gasteiger partial charge in [-0.2, -0.15) is 20.2 Å². The van der Waals surface area contributed by atoms with Gasteiger partial charge in [-0.15, -0.1) is 4.40 Å². The molecule has 0 spiro atoms. The van der Waals surface area contributed by atoms with Gasteiger partial charge in [-0.3, -0.25) is 9.98 Å². The molecule has 2 heterocycles. The highest BCUT2D eigenvalue weighted by molar-refractivity contribution is 7.98. The number of hydrogen-bond donors (Lipinski definition) is 3. The van der Waals surface area contributed by atoms with Crippen LogP contribution in [0.4, 0.5) is 0 Å². The monoisotopic (exact) mass is 401 g/mol. The zero-order valence-corrected chi connectivity index (χ0v) is 16.5. The minimum Gasteiger partial charge on any atom is -0.464 e. The minimum absolute atomic E-state index is 0.0393. The molecule has 144 valence electrons. The smallest absolute Gasteiger partial charge is 0.345 e. The summed E-state index contributed by atoms with van der Waals surface area (Å²) in [6.07, 6.45) is 0. The van der Waals surface area contributed by atoms with Crippen LogP contribution in [0.15, 0.2) is 30.9 Å². The van der Waals surface area contributed by atoms with Gasteiger partial charge in [0.1, 0.15) is 11.5 Å². The van der Waals surface area contributed by atoms with Gasteiger partial charge in [-0.05, 0) is 26.2 Å². The fraction of sp³-hybridized carbons (Fsp3) is 0.500. The van der Waals surface area contributed by atoms with Crippen LogP contribution in [0.1, 0.15) is 11.5 Å². The Hall–Kier alpha value is -2.05. The van der Waals surface area contributed by atoms with Gasteiger partial charge < -0.3 is 20.4 Å². The molecule has 10 nitrogen and oxygen atoms in total. The Morgan fingerprint density at radius 1 is 1.42 bits per heavy atom. The second-order valence-corrected chi connectivity index (χ2v) is 8.08. The van der Waals surface area contributed by atoms with Crippen molar-refractivity contribution in [2.24, 2.45) is 20.1 Å². The third-order valence-electron chi connectivity index (χ3n) is 3.09. The molecule has 1 aliphatic rings. The van der Waals surface area contributed by atoms with E-state index in [1.807, 2.05) is 31.1 Å². The van der Waals surface area contributed by atoms with E-state index in [4.69, 9.17) is 10.2 Å². The minimum atomic E-state index is -3.78. The van der Waals surface area contributed by atoms with Crippen molar-refractivity contribution in [3.05, 3.63) is 23.7 Å². The molecule has 0 radical (unpaired) electrons. The fourth-order valence-corrected chi connectivity index (χ4v) is 3.56. The fourth-order valence-electron chi connectivity index (χ4n) is 2.01. The van der Waals surface area contributed by atoms with Crippen molar-refractivity contribution < 1.29 is 12.8 Å². The van der Waals surface area contributed by atoms with Crippen molar-refractivity contribution in [3.8, 4) is 0 Å². The first-order valence-electron chi connectivity index (χ1n) is 7.76. The maximum Gasteiger partial charge on any atom is 0.345 e. The van der Waals surface area contributed by atoms with Crippen LogP contribution in [-0.4, -0.2) is 64.4 Å². The van der Waals surface area contributed by atoms with Crippen LogP contribution in [0, 0.1) is 0 Å². The van der Waals surface area contributed by atoms with Crippen LogP contribution in [0.25, 0.3) is 0 Å². The summed E-state index contributed by atoms with van der Waals surface area (Å²) in [5.41, 5.74) is 5.54. The van der Waals surface area contributed by atoms with E-state index in [0.29, 0.717) is 12.3 Å². The quantitative estimate of drug-likeness (QED) is 0.325. The Balaban J connectivity index is 1.82. The Bertz CT molecular complexity index is 812. The first-order valence-corrected chi connectivity index (χ1v) is 10.4. The molecule has 0 saturated heterocycles. The molecular formula is C14H23N7O3S2. The molecule has 1 aromatic rings. The van der Waals surface area contributed by atoms with Crippen molar-refractivity contribution in [1.82, 2.24) is 14.9 Å². The molecule has 0 unspecified atom stereocenters. The average molecular weight is 402 g/mol. The maximum absolute atomic E-state index is 11.6. The lowest BCUT2D eigenvalue weighted by atomic mass is 10.4. The van der Waals surface area contributed by atoms with E-state index in [-0.39, 0.29) is 17.6 Å². The lowest BCUT2D eigenvalue weighted by Gasteiger charge is -2.05. The second kappa shape index (κ2) is 9.05. The molecule has 0 amide bonds.